The molecular formula is C32H32N6O7S3. The number of carboxylic acid groups (broad SMARTS) is 1. The fourth-order valence-corrected chi connectivity index (χ4v) is 9.35. The van der Waals surface area contributed by atoms with Crippen molar-refractivity contribution in [2.24, 2.45) is 14.1 Å². The van der Waals surface area contributed by atoms with Gasteiger partial charge in [0.05, 0.1) is 10.6 Å². The zero-order valence-electron chi connectivity index (χ0n) is 27.0. The monoisotopic (exact) mass is 708 g/mol. The number of aromatic nitrogens is 3. The van der Waals surface area contributed by atoms with E-state index in [-0.39, 0.29) is 27.7 Å². The largest absolute Gasteiger partial charge is 0.504 e. The molecule has 5 heterocycles. The molecule has 0 saturated carbocycles. The summed E-state index contributed by atoms with van der Waals surface area (Å²) in [6.45, 7) is 5.65. The van der Waals surface area contributed by atoms with Gasteiger partial charge in [-0.2, -0.15) is 0 Å². The predicted octanol–water partition coefficient (Wildman–Crippen LogP) is 5.50. The van der Waals surface area contributed by atoms with Crippen LogP contribution >= 0.6 is 23.3 Å². The Morgan fingerprint density at radius 2 is 1.40 bits per heavy atom. The van der Waals surface area contributed by atoms with Gasteiger partial charge in [0.15, 0.2) is 28.0 Å². The number of fused-ring (bicyclic) bond motifs is 6. The van der Waals surface area contributed by atoms with Gasteiger partial charge in [0.2, 0.25) is 0 Å². The smallest absolute Gasteiger partial charge is 0.357 e. The summed E-state index contributed by atoms with van der Waals surface area (Å²) in [5, 5.41) is 36.6. The summed E-state index contributed by atoms with van der Waals surface area (Å²) in [6, 6.07) is 11.5. The number of hydrogen-bond donors (Lipinski definition) is 4. The number of carbonyl (C=O) groups excluding carboxylic acids is 1. The first-order valence-corrected chi connectivity index (χ1v) is 17.6. The number of amides is 1. The lowest BCUT2D eigenvalue weighted by molar-refractivity contribution is -0.133. The molecule has 13 nitrogen and oxygen atoms in total. The molecule has 2 aromatic carbocycles. The van der Waals surface area contributed by atoms with Crippen molar-refractivity contribution in [3.8, 4) is 0 Å². The Morgan fingerprint density at radius 1 is 0.833 bits per heavy atom. The van der Waals surface area contributed by atoms with Crippen LogP contribution in [0.5, 0.6) is 0 Å². The van der Waals surface area contributed by atoms with E-state index < -0.39 is 27.7 Å². The maximum Gasteiger partial charge on any atom is 0.357 e. The van der Waals surface area contributed by atoms with Gasteiger partial charge >= 0.3 is 5.97 Å². The summed E-state index contributed by atoms with van der Waals surface area (Å²) in [4.78, 5) is 29.1. The van der Waals surface area contributed by atoms with Crippen LogP contribution in [0, 0.1) is 20.8 Å². The van der Waals surface area contributed by atoms with Gasteiger partial charge in [-0.3, -0.25) is 14.4 Å². The maximum atomic E-state index is 13.2. The molecule has 0 atom stereocenters. The molecule has 5 aromatic rings. The van der Waals surface area contributed by atoms with E-state index in [1.54, 1.807) is 43.1 Å². The number of thiazole rings is 1. The molecule has 7 rings (SSSR count). The third-order valence-corrected chi connectivity index (χ3v) is 12.0. The van der Waals surface area contributed by atoms with Crippen molar-refractivity contribution in [1.29, 1.82) is 0 Å². The quantitative estimate of drug-likeness (QED) is 0.176. The van der Waals surface area contributed by atoms with Crippen LogP contribution in [0.25, 0.3) is 33.3 Å². The molecule has 48 heavy (non-hydrogen) atoms. The van der Waals surface area contributed by atoms with Crippen LogP contribution in [0.3, 0.4) is 0 Å². The van der Waals surface area contributed by atoms with Gasteiger partial charge in [0.25, 0.3) is 15.9 Å². The number of carbonyl (C=O) groups is 2. The van der Waals surface area contributed by atoms with Gasteiger partial charge in [-0.05, 0) is 57.0 Å². The number of aliphatic hydroxyl groups is 2. The van der Waals surface area contributed by atoms with Crippen LogP contribution in [0.1, 0.15) is 28.2 Å². The van der Waals surface area contributed by atoms with E-state index >= 15 is 0 Å². The molecule has 0 saturated heterocycles. The molecule has 0 fully saturated rings. The highest BCUT2D eigenvalue weighted by atomic mass is 32.2. The first kappa shape index (κ1) is 33.0. The molecule has 4 N–H and O–H groups in total. The lowest BCUT2D eigenvalue weighted by atomic mass is 10.1. The van der Waals surface area contributed by atoms with E-state index in [1.165, 1.54) is 34.6 Å². The lowest BCUT2D eigenvalue weighted by Gasteiger charge is -2.27. The number of aliphatic hydroxyl groups excluding tert-OH is 2. The number of nitrogens with one attached hydrogen (secondary N) is 1. The molecule has 0 spiro atoms. The van der Waals surface area contributed by atoms with Crippen LogP contribution in [-0.2, 0) is 33.7 Å². The number of sulfonamides is 1. The Morgan fingerprint density at radius 3 is 1.98 bits per heavy atom. The summed E-state index contributed by atoms with van der Waals surface area (Å²) < 4.78 is 32.2. The average Bonchev–Trinajstić information content (AvgIpc) is 3.63. The van der Waals surface area contributed by atoms with Gasteiger partial charge < -0.3 is 28.8 Å². The van der Waals surface area contributed by atoms with E-state index in [2.05, 4.69) is 10.3 Å². The number of aryl methyl sites for hydroxylation is 5. The molecule has 0 aliphatic carbocycles. The minimum Gasteiger partial charge on any atom is -0.504 e. The minimum absolute atomic E-state index is 0.00431. The Bertz CT molecular complexity index is 2380. The van der Waals surface area contributed by atoms with Crippen LogP contribution in [0.4, 0.5) is 5.13 Å². The van der Waals surface area contributed by atoms with Crippen LogP contribution < -0.4 is 5.32 Å². The zero-order chi connectivity index (χ0) is 35.0. The summed E-state index contributed by atoms with van der Waals surface area (Å²) in [7, 11) is 2.35. The fraction of sp³-hybridized carbons (Fsp3) is 0.219. The summed E-state index contributed by atoms with van der Waals surface area (Å²) in [6.07, 6.45) is 0. The highest BCUT2D eigenvalue weighted by molar-refractivity contribution is 7.97. The van der Waals surface area contributed by atoms with Crippen LogP contribution in [0.15, 0.2) is 63.0 Å². The van der Waals surface area contributed by atoms with Crippen molar-refractivity contribution in [2.75, 3.05) is 19.4 Å². The van der Waals surface area contributed by atoms with Gasteiger partial charge in [0.1, 0.15) is 16.3 Å². The van der Waals surface area contributed by atoms with Crippen molar-refractivity contribution in [2.45, 2.75) is 30.6 Å². The molecule has 0 bridgehead atoms. The Balaban J connectivity index is 0.000000177. The number of hydrogen-bond acceptors (Lipinski definition) is 10. The van der Waals surface area contributed by atoms with Gasteiger partial charge in [0, 0.05) is 55.4 Å². The topological polar surface area (TPSA) is 170 Å². The minimum atomic E-state index is -4.04. The summed E-state index contributed by atoms with van der Waals surface area (Å²) in [5.41, 5.74) is 4.59. The van der Waals surface area contributed by atoms with E-state index in [9.17, 15) is 33.3 Å². The molecule has 0 unspecified atom stereocenters. The first-order valence-electron chi connectivity index (χ1n) is 14.5. The number of anilines is 1. The standard InChI is InChI=1S/C18H18N4O4S2.C14H14N2O3S/c1-9-5-6-12-11(7-9)16-13(21(12)3)15(23)14(22(4)28(16,25)26)17(24)20-18-19-10(2)8-27-18;1-7-4-5-9-8(6-7)13-10(15(9)2)12(17)11(14(18)19)16(3)20-13/h5-8,23H,1-4H3,(H,19,20,24);4-6,17H,1-3H3,(H,18,19). The lowest BCUT2D eigenvalue weighted by Crippen LogP contribution is -2.37. The zero-order valence-corrected chi connectivity index (χ0v) is 29.4. The molecule has 3 aromatic heterocycles. The summed E-state index contributed by atoms with van der Waals surface area (Å²) in [5.74, 6) is -2.46. The van der Waals surface area contributed by atoms with Crippen LogP contribution in [0.2, 0.25) is 0 Å². The third kappa shape index (κ3) is 5.07. The van der Waals surface area contributed by atoms with Crippen molar-refractivity contribution < 1.29 is 33.3 Å². The number of nitrogens with zero attached hydrogens (tertiary/aromatic N) is 5. The van der Waals surface area contributed by atoms with E-state index in [0.717, 1.165) is 36.9 Å². The molecule has 0 radical (unpaired) electrons. The molecule has 2 aliphatic heterocycles. The Labute approximate surface area is 284 Å². The molecule has 1 amide bonds. The molecule has 16 heteroatoms. The van der Waals surface area contributed by atoms with Crippen molar-refractivity contribution in [1.82, 2.24) is 22.7 Å². The Hall–Kier alpha value is -4.93. The van der Waals surface area contributed by atoms with Gasteiger partial charge in [-0.25, -0.2) is 18.2 Å². The second kappa shape index (κ2) is 11.6. The van der Waals surface area contributed by atoms with Crippen molar-refractivity contribution >= 4 is 83.6 Å². The van der Waals surface area contributed by atoms with E-state index in [0.29, 0.717) is 21.7 Å². The number of benzene rings is 2. The molecule has 2 aliphatic rings. The second-order valence-corrected chi connectivity index (χ2v) is 15.4. The fourth-order valence-electron chi connectivity index (χ4n) is 5.95. The second-order valence-electron chi connectivity index (χ2n) is 11.5. The van der Waals surface area contributed by atoms with E-state index in [4.69, 9.17) is 0 Å². The van der Waals surface area contributed by atoms with Gasteiger partial charge in [-0.1, -0.05) is 23.3 Å². The maximum absolute atomic E-state index is 13.2. The average molecular weight is 709 g/mol. The third-order valence-electron chi connectivity index (χ3n) is 8.25. The highest BCUT2D eigenvalue weighted by Gasteiger charge is 2.42. The Kier molecular flexibility index (Phi) is 8.00. The summed E-state index contributed by atoms with van der Waals surface area (Å²) >= 11 is 2.54. The molecule has 250 valence electrons. The SMILES string of the molecule is Cc1ccc2c(c1)c1c(n2C)C(O)=C(C(=O)Nc2nc(C)cs2)N(C)S1(=O)=O.Cc1ccc2c(c1)c1c(n2C)C(O)=C(C(=O)O)N(C)S1. The highest BCUT2D eigenvalue weighted by Crippen LogP contribution is 2.45. The van der Waals surface area contributed by atoms with E-state index in [1.807, 2.05) is 49.7 Å². The first-order chi connectivity index (χ1) is 22.5. The number of aliphatic carboxylic acids is 1. The van der Waals surface area contributed by atoms with Crippen LogP contribution in [-0.4, -0.2) is 72.4 Å². The number of carboxylic acids is 1. The predicted molar refractivity (Wildman–Crippen MR) is 186 cm³/mol. The normalized spacial score (nSPS) is 15.4. The van der Waals surface area contributed by atoms with Crippen molar-refractivity contribution in [3.05, 3.63) is 81.4 Å². The van der Waals surface area contributed by atoms with Crippen molar-refractivity contribution in [3.63, 3.8) is 0 Å². The molecular weight excluding hydrogens is 677 g/mol. The van der Waals surface area contributed by atoms with Gasteiger partial charge in [-0.15, -0.1) is 11.3 Å². The number of likely N-dealkylation sites (N-methyl/N-ethyl adjacent to an activating group) is 2. The number of rotatable bonds is 3.